The Bertz CT molecular complexity index is 794. The SMILES string of the molecule is COC(CNC(=O)c1sc(=S)n(-c2ccc(C)cc2C)c1N)OC. The molecule has 0 atom stereocenters. The third-order valence-corrected chi connectivity index (χ3v) is 4.99. The fourth-order valence-corrected chi connectivity index (χ4v) is 3.62. The monoisotopic (exact) mass is 367 g/mol. The number of rotatable bonds is 6. The highest BCUT2D eigenvalue weighted by Gasteiger charge is 2.19. The number of ether oxygens (including phenoxy) is 2. The van der Waals surface area contributed by atoms with E-state index in [0.717, 1.165) is 16.8 Å². The van der Waals surface area contributed by atoms with Gasteiger partial charge in [0, 0.05) is 14.2 Å². The van der Waals surface area contributed by atoms with E-state index >= 15 is 0 Å². The number of amides is 1. The predicted octanol–water partition coefficient (Wildman–Crippen LogP) is 2.82. The van der Waals surface area contributed by atoms with E-state index in [1.165, 1.54) is 25.6 Å². The summed E-state index contributed by atoms with van der Waals surface area (Å²) in [5.41, 5.74) is 9.27. The number of nitrogen functional groups attached to an aromatic ring is 1. The van der Waals surface area contributed by atoms with Crippen molar-refractivity contribution < 1.29 is 14.3 Å². The van der Waals surface area contributed by atoms with Crippen LogP contribution in [0.25, 0.3) is 5.69 Å². The van der Waals surface area contributed by atoms with Crippen molar-refractivity contribution in [2.45, 2.75) is 20.1 Å². The molecule has 1 aromatic carbocycles. The number of benzene rings is 1. The third kappa shape index (κ3) is 3.84. The van der Waals surface area contributed by atoms with Gasteiger partial charge in [-0.05, 0) is 37.7 Å². The molecule has 0 bridgehead atoms. The molecule has 3 N–H and O–H groups in total. The zero-order valence-corrected chi connectivity index (χ0v) is 15.7. The van der Waals surface area contributed by atoms with Gasteiger partial charge >= 0.3 is 0 Å². The zero-order valence-electron chi connectivity index (χ0n) is 14.1. The molecule has 130 valence electrons. The van der Waals surface area contributed by atoms with Gasteiger partial charge in [0.15, 0.2) is 10.2 Å². The molecule has 1 amide bonds. The number of carbonyl (C=O) groups excluding carboxylic acids is 1. The number of methoxy groups -OCH3 is 2. The van der Waals surface area contributed by atoms with Gasteiger partial charge < -0.3 is 20.5 Å². The van der Waals surface area contributed by atoms with Crippen LogP contribution in [0.1, 0.15) is 20.8 Å². The molecular formula is C16H21N3O3S2. The van der Waals surface area contributed by atoms with Gasteiger partial charge in [-0.25, -0.2) is 0 Å². The third-order valence-electron chi connectivity index (χ3n) is 3.60. The summed E-state index contributed by atoms with van der Waals surface area (Å²) in [6, 6.07) is 6.00. The lowest BCUT2D eigenvalue weighted by atomic mass is 10.1. The number of nitrogens with two attached hydrogens (primary N) is 1. The van der Waals surface area contributed by atoms with E-state index in [1.54, 1.807) is 4.57 Å². The topological polar surface area (TPSA) is 78.5 Å². The smallest absolute Gasteiger partial charge is 0.265 e. The molecule has 6 nitrogen and oxygen atoms in total. The van der Waals surface area contributed by atoms with Crippen LogP contribution in [0.5, 0.6) is 0 Å². The summed E-state index contributed by atoms with van der Waals surface area (Å²) >= 11 is 6.59. The minimum atomic E-state index is -0.510. The summed E-state index contributed by atoms with van der Waals surface area (Å²) < 4.78 is 12.4. The molecule has 0 aliphatic carbocycles. The Morgan fingerprint density at radius 2 is 2.04 bits per heavy atom. The largest absolute Gasteiger partial charge is 0.383 e. The molecule has 0 aliphatic rings. The maximum atomic E-state index is 12.4. The van der Waals surface area contributed by atoms with E-state index in [1.807, 2.05) is 26.0 Å². The molecule has 0 unspecified atom stereocenters. The number of nitrogens with zero attached hydrogens (tertiary/aromatic N) is 1. The second kappa shape index (κ2) is 7.89. The van der Waals surface area contributed by atoms with Gasteiger partial charge in [-0.3, -0.25) is 9.36 Å². The Morgan fingerprint density at radius 3 is 2.62 bits per heavy atom. The minimum Gasteiger partial charge on any atom is -0.383 e. The summed E-state index contributed by atoms with van der Waals surface area (Å²) in [4.78, 5) is 12.8. The summed E-state index contributed by atoms with van der Waals surface area (Å²) in [5.74, 6) is 0.0343. The number of aryl methyl sites for hydroxylation is 2. The first-order chi connectivity index (χ1) is 11.4. The van der Waals surface area contributed by atoms with Crippen LogP contribution in [-0.2, 0) is 9.47 Å². The molecule has 0 radical (unpaired) electrons. The van der Waals surface area contributed by atoms with Gasteiger partial charge in [0.2, 0.25) is 0 Å². The number of aromatic nitrogens is 1. The molecule has 24 heavy (non-hydrogen) atoms. The van der Waals surface area contributed by atoms with Crippen molar-refractivity contribution in [1.82, 2.24) is 9.88 Å². The van der Waals surface area contributed by atoms with Crippen LogP contribution in [0.2, 0.25) is 0 Å². The van der Waals surface area contributed by atoms with Crippen LogP contribution in [-0.4, -0.2) is 37.5 Å². The standard InChI is InChI=1S/C16H21N3O3S2/c1-9-5-6-11(10(2)7-9)19-14(17)13(24-16(19)23)15(20)18-8-12(21-3)22-4/h5-7,12H,8,17H2,1-4H3,(H,18,20). The first-order valence-corrected chi connectivity index (χ1v) is 8.54. The highest BCUT2D eigenvalue weighted by molar-refractivity contribution is 7.73. The zero-order chi connectivity index (χ0) is 17.9. The number of thiazole rings is 1. The number of hydrogen-bond donors (Lipinski definition) is 2. The molecule has 1 heterocycles. The van der Waals surface area contributed by atoms with E-state index < -0.39 is 6.29 Å². The predicted molar refractivity (Wildman–Crippen MR) is 98.5 cm³/mol. The fraction of sp³-hybridized carbons (Fsp3) is 0.375. The maximum Gasteiger partial charge on any atom is 0.265 e. The molecule has 8 heteroatoms. The van der Waals surface area contributed by atoms with Gasteiger partial charge in [0.25, 0.3) is 5.91 Å². The number of anilines is 1. The highest BCUT2D eigenvalue weighted by atomic mass is 32.1. The van der Waals surface area contributed by atoms with Crippen LogP contribution in [0, 0.1) is 17.8 Å². The highest BCUT2D eigenvalue weighted by Crippen LogP contribution is 2.28. The van der Waals surface area contributed by atoms with Crippen molar-refractivity contribution in [2.75, 3.05) is 26.5 Å². The van der Waals surface area contributed by atoms with Crippen LogP contribution in [0.15, 0.2) is 18.2 Å². The van der Waals surface area contributed by atoms with Gasteiger partial charge in [0.1, 0.15) is 10.7 Å². The lowest BCUT2D eigenvalue weighted by molar-refractivity contribution is -0.0974. The Hall–Kier alpha value is -1.74. The summed E-state index contributed by atoms with van der Waals surface area (Å²) in [6.45, 7) is 4.23. The van der Waals surface area contributed by atoms with E-state index in [9.17, 15) is 4.79 Å². The average molecular weight is 367 g/mol. The fourth-order valence-electron chi connectivity index (χ4n) is 2.35. The first-order valence-electron chi connectivity index (χ1n) is 7.31. The van der Waals surface area contributed by atoms with Crippen molar-refractivity contribution in [3.05, 3.63) is 38.2 Å². The summed E-state index contributed by atoms with van der Waals surface area (Å²) in [7, 11) is 3.02. The molecule has 0 aliphatic heterocycles. The molecule has 0 saturated heterocycles. The minimum absolute atomic E-state index is 0.222. The molecule has 2 rings (SSSR count). The van der Waals surface area contributed by atoms with Crippen molar-refractivity contribution in [3.8, 4) is 5.69 Å². The lowest BCUT2D eigenvalue weighted by Crippen LogP contribution is -2.34. The Morgan fingerprint density at radius 1 is 1.38 bits per heavy atom. The molecular weight excluding hydrogens is 346 g/mol. The van der Waals surface area contributed by atoms with Crippen LogP contribution in [0.3, 0.4) is 0 Å². The van der Waals surface area contributed by atoms with Crippen molar-refractivity contribution in [1.29, 1.82) is 0 Å². The van der Waals surface area contributed by atoms with E-state index in [-0.39, 0.29) is 12.5 Å². The van der Waals surface area contributed by atoms with Gasteiger partial charge in [-0.15, -0.1) is 0 Å². The number of carbonyl (C=O) groups is 1. The molecule has 0 spiro atoms. The van der Waals surface area contributed by atoms with E-state index in [0.29, 0.717) is 14.6 Å². The summed E-state index contributed by atoms with van der Waals surface area (Å²) in [6.07, 6.45) is -0.510. The number of hydrogen-bond acceptors (Lipinski definition) is 6. The van der Waals surface area contributed by atoms with Gasteiger partial charge in [-0.2, -0.15) is 0 Å². The quantitative estimate of drug-likeness (QED) is 0.606. The van der Waals surface area contributed by atoms with E-state index in [2.05, 4.69) is 11.4 Å². The second-order valence-electron chi connectivity index (χ2n) is 5.32. The molecule has 2 aromatic rings. The summed E-state index contributed by atoms with van der Waals surface area (Å²) in [5, 5.41) is 2.74. The average Bonchev–Trinajstić information content (AvgIpc) is 2.83. The lowest BCUT2D eigenvalue weighted by Gasteiger charge is -2.14. The Balaban J connectivity index is 2.32. The van der Waals surface area contributed by atoms with Crippen molar-refractivity contribution in [3.63, 3.8) is 0 Å². The first kappa shape index (κ1) is 18.6. The molecule has 1 aromatic heterocycles. The van der Waals surface area contributed by atoms with Gasteiger partial charge in [-0.1, -0.05) is 29.0 Å². The Kier molecular flexibility index (Phi) is 6.11. The molecule has 0 saturated carbocycles. The normalized spacial score (nSPS) is 11.0. The van der Waals surface area contributed by atoms with Crippen LogP contribution < -0.4 is 11.1 Å². The van der Waals surface area contributed by atoms with Crippen molar-refractivity contribution in [2.24, 2.45) is 0 Å². The Labute approximate surface area is 150 Å². The van der Waals surface area contributed by atoms with E-state index in [4.69, 9.17) is 27.4 Å². The molecule has 0 fully saturated rings. The van der Waals surface area contributed by atoms with Crippen LogP contribution >= 0.6 is 23.6 Å². The number of nitrogens with one attached hydrogen (secondary N) is 1. The van der Waals surface area contributed by atoms with Gasteiger partial charge in [0.05, 0.1) is 12.2 Å². The maximum absolute atomic E-state index is 12.4. The van der Waals surface area contributed by atoms with Crippen molar-refractivity contribution >= 4 is 35.3 Å². The second-order valence-corrected chi connectivity index (χ2v) is 6.96. The van der Waals surface area contributed by atoms with Crippen LogP contribution in [0.4, 0.5) is 5.82 Å².